The molecule has 0 spiro atoms. The number of hydroxylamine groups is 1. The lowest BCUT2D eigenvalue weighted by atomic mass is 9.89. The Kier molecular flexibility index (Phi) is 6.17. The van der Waals surface area contributed by atoms with Crippen LogP contribution in [-0.2, 0) is 9.59 Å². The number of nitrogens with zero attached hydrogens (tertiary/aromatic N) is 3. The molecule has 0 aromatic carbocycles. The number of amides is 2. The van der Waals surface area contributed by atoms with Gasteiger partial charge in [0.2, 0.25) is 5.91 Å². The van der Waals surface area contributed by atoms with E-state index in [1.165, 1.54) is 56.1 Å². The molecule has 2 fully saturated rings. The maximum Gasteiger partial charge on any atom is 0.267 e. The second-order valence-electron chi connectivity index (χ2n) is 6.91. The monoisotopic (exact) mass is 359 g/mol. The van der Waals surface area contributed by atoms with E-state index < -0.39 is 5.91 Å². The predicted molar refractivity (Wildman–Crippen MR) is 96.2 cm³/mol. The Labute approximate surface area is 152 Å². The van der Waals surface area contributed by atoms with Gasteiger partial charge in [0.1, 0.15) is 11.9 Å². The van der Waals surface area contributed by atoms with Gasteiger partial charge >= 0.3 is 0 Å². The SMILES string of the molecule is O=C(C=Cc1cnc(NC2CCN(CC3CCCCC3)C2=O)cn1)NO. The molecule has 2 amide bonds. The summed E-state index contributed by atoms with van der Waals surface area (Å²) < 4.78 is 0. The van der Waals surface area contributed by atoms with E-state index in [1.54, 1.807) is 0 Å². The van der Waals surface area contributed by atoms with Crippen LogP contribution in [0, 0.1) is 5.92 Å². The van der Waals surface area contributed by atoms with E-state index >= 15 is 0 Å². The van der Waals surface area contributed by atoms with Crippen LogP contribution >= 0.6 is 0 Å². The second kappa shape index (κ2) is 8.75. The van der Waals surface area contributed by atoms with Crippen LogP contribution in [0.2, 0.25) is 0 Å². The van der Waals surface area contributed by atoms with Gasteiger partial charge in [-0.2, -0.15) is 0 Å². The summed E-state index contributed by atoms with van der Waals surface area (Å²) in [6.07, 6.45) is 12.8. The molecular weight excluding hydrogens is 334 g/mol. The lowest BCUT2D eigenvalue weighted by Gasteiger charge is -2.27. The van der Waals surface area contributed by atoms with Crippen LogP contribution in [0.1, 0.15) is 44.2 Å². The molecule has 1 aliphatic carbocycles. The van der Waals surface area contributed by atoms with Gasteiger partial charge in [-0.3, -0.25) is 19.8 Å². The summed E-state index contributed by atoms with van der Waals surface area (Å²) in [5.41, 5.74) is 1.99. The van der Waals surface area contributed by atoms with Gasteiger partial charge in [0.05, 0.1) is 18.1 Å². The zero-order valence-electron chi connectivity index (χ0n) is 14.7. The number of likely N-dealkylation sites (tertiary alicyclic amines) is 1. The highest BCUT2D eigenvalue weighted by Crippen LogP contribution is 2.26. The first-order chi connectivity index (χ1) is 12.7. The molecule has 1 unspecified atom stereocenters. The van der Waals surface area contributed by atoms with Gasteiger partial charge in [-0.15, -0.1) is 0 Å². The topological polar surface area (TPSA) is 107 Å². The first-order valence-corrected chi connectivity index (χ1v) is 9.15. The number of nitrogens with one attached hydrogen (secondary N) is 2. The van der Waals surface area contributed by atoms with Crippen molar-refractivity contribution in [3.8, 4) is 0 Å². The zero-order valence-corrected chi connectivity index (χ0v) is 14.7. The quantitative estimate of drug-likeness (QED) is 0.404. The summed E-state index contributed by atoms with van der Waals surface area (Å²) in [6.45, 7) is 1.66. The van der Waals surface area contributed by atoms with Gasteiger partial charge in [0.25, 0.3) is 5.91 Å². The fraction of sp³-hybridized carbons (Fsp3) is 0.556. The summed E-state index contributed by atoms with van der Waals surface area (Å²) in [7, 11) is 0. The van der Waals surface area contributed by atoms with E-state index in [0.717, 1.165) is 25.6 Å². The third-order valence-corrected chi connectivity index (χ3v) is 5.01. The maximum absolute atomic E-state index is 12.6. The normalized spacial score (nSPS) is 21.3. The number of rotatable bonds is 6. The van der Waals surface area contributed by atoms with Crippen LogP contribution in [0.4, 0.5) is 5.82 Å². The van der Waals surface area contributed by atoms with Gasteiger partial charge in [-0.1, -0.05) is 19.3 Å². The van der Waals surface area contributed by atoms with E-state index in [0.29, 0.717) is 17.4 Å². The molecule has 8 nitrogen and oxygen atoms in total. The molecule has 2 heterocycles. The minimum atomic E-state index is -0.636. The molecule has 26 heavy (non-hydrogen) atoms. The highest BCUT2D eigenvalue weighted by atomic mass is 16.5. The van der Waals surface area contributed by atoms with Crippen LogP contribution in [0.25, 0.3) is 6.08 Å². The first kappa shape index (κ1) is 18.3. The molecule has 8 heteroatoms. The largest absolute Gasteiger partial charge is 0.357 e. The molecule has 1 aromatic heterocycles. The fourth-order valence-corrected chi connectivity index (χ4v) is 3.61. The van der Waals surface area contributed by atoms with Crippen LogP contribution in [0.5, 0.6) is 0 Å². The van der Waals surface area contributed by atoms with Crippen molar-refractivity contribution in [3.05, 3.63) is 24.2 Å². The van der Waals surface area contributed by atoms with Crippen molar-refractivity contribution in [1.82, 2.24) is 20.3 Å². The molecular formula is C18H25N5O3. The van der Waals surface area contributed by atoms with E-state index in [9.17, 15) is 9.59 Å². The molecule has 0 radical (unpaired) electrons. The number of anilines is 1. The summed E-state index contributed by atoms with van der Waals surface area (Å²) >= 11 is 0. The molecule has 0 bridgehead atoms. The van der Waals surface area contributed by atoms with Crippen molar-refractivity contribution in [2.45, 2.75) is 44.6 Å². The average Bonchev–Trinajstić information content (AvgIpc) is 3.01. The van der Waals surface area contributed by atoms with Crippen molar-refractivity contribution in [2.24, 2.45) is 5.92 Å². The number of hydrogen-bond donors (Lipinski definition) is 3. The summed E-state index contributed by atoms with van der Waals surface area (Å²) in [4.78, 5) is 33.9. The molecule has 3 rings (SSSR count). The van der Waals surface area contributed by atoms with Crippen molar-refractivity contribution >= 4 is 23.7 Å². The molecule has 1 saturated heterocycles. The third kappa shape index (κ3) is 4.78. The summed E-state index contributed by atoms with van der Waals surface area (Å²) in [5, 5.41) is 11.6. The van der Waals surface area contributed by atoms with Crippen molar-refractivity contribution in [1.29, 1.82) is 0 Å². The average molecular weight is 359 g/mol. The number of aromatic nitrogens is 2. The van der Waals surface area contributed by atoms with E-state index in [1.807, 2.05) is 4.90 Å². The first-order valence-electron chi connectivity index (χ1n) is 9.15. The standard InChI is InChI=1S/C18H25N5O3/c24-17(22-26)7-6-14-10-20-16(11-19-14)21-15-8-9-23(18(15)25)12-13-4-2-1-3-5-13/h6-7,10-11,13,15,26H,1-5,8-9,12H2,(H,20,21)(H,22,24). The Morgan fingerprint density at radius 3 is 2.73 bits per heavy atom. The molecule has 140 valence electrons. The maximum atomic E-state index is 12.6. The smallest absolute Gasteiger partial charge is 0.267 e. The predicted octanol–water partition coefficient (Wildman–Crippen LogP) is 1.59. The number of hydrogen-bond acceptors (Lipinski definition) is 6. The van der Waals surface area contributed by atoms with Crippen molar-refractivity contribution in [2.75, 3.05) is 18.4 Å². The second-order valence-corrected chi connectivity index (χ2v) is 6.91. The Bertz CT molecular complexity index is 655. The van der Waals surface area contributed by atoms with Gasteiger partial charge < -0.3 is 10.2 Å². The molecule has 1 saturated carbocycles. The van der Waals surface area contributed by atoms with Crippen molar-refractivity contribution < 1.29 is 14.8 Å². The molecule has 3 N–H and O–H groups in total. The van der Waals surface area contributed by atoms with Gasteiger partial charge in [0.15, 0.2) is 0 Å². The minimum absolute atomic E-state index is 0.140. The zero-order chi connectivity index (χ0) is 18.4. The third-order valence-electron chi connectivity index (χ3n) is 5.01. The summed E-state index contributed by atoms with van der Waals surface area (Å²) in [5.74, 6) is 0.685. The van der Waals surface area contributed by atoms with Crippen LogP contribution in [0.15, 0.2) is 18.5 Å². The Morgan fingerprint density at radius 1 is 1.23 bits per heavy atom. The highest BCUT2D eigenvalue weighted by molar-refractivity contribution is 5.90. The van der Waals surface area contributed by atoms with Gasteiger partial charge in [-0.05, 0) is 31.3 Å². The van der Waals surface area contributed by atoms with E-state index in [2.05, 4.69) is 15.3 Å². The van der Waals surface area contributed by atoms with Crippen LogP contribution < -0.4 is 10.8 Å². The molecule has 1 atom stereocenters. The lowest BCUT2D eigenvalue weighted by Crippen LogP contribution is -2.37. The number of carbonyl (C=O) groups excluding carboxylic acids is 2. The number of carbonyl (C=O) groups is 2. The van der Waals surface area contributed by atoms with Gasteiger partial charge in [-0.25, -0.2) is 10.5 Å². The highest BCUT2D eigenvalue weighted by Gasteiger charge is 2.33. The minimum Gasteiger partial charge on any atom is -0.357 e. The van der Waals surface area contributed by atoms with E-state index in [4.69, 9.17) is 5.21 Å². The molecule has 1 aliphatic heterocycles. The Hall–Kier alpha value is -2.48. The Morgan fingerprint density at radius 2 is 2.04 bits per heavy atom. The van der Waals surface area contributed by atoms with Gasteiger partial charge in [0, 0.05) is 19.2 Å². The Balaban J connectivity index is 1.51. The fourth-order valence-electron chi connectivity index (χ4n) is 3.61. The van der Waals surface area contributed by atoms with Crippen molar-refractivity contribution in [3.63, 3.8) is 0 Å². The lowest BCUT2D eigenvalue weighted by molar-refractivity contribution is -0.129. The van der Waals surface area contributed by atoms with E-state index in [-0.39, 0.29) is 11.9 Å². The van der Waals surface area contributed by atoms with Crippen LogP contribution in [0.3, 0.4) is 0 Å². The van der Waals surface area contributed by atoms with Crippen LogP contribution in [-0.4, -0.2) is 51.0 Å². The molecule has 2 aliphatic rings. The molecule has 1 aromatic rings. The summed E-state index contributed by atoms with van der Waals surface area (Å²) in [6, 6.07) is -0.255.